The van der Waals surface area contributed by atoms with Gasteiger partial charge in [0.2, 0.25) is 0 Å². The first-order valence-electron chi connectivity index (χ1n) is 6.25. The summed E-state index contributed by atoms with van der Waals surface area (Å²) in [5.74, 6) is 0. The molecule has 3 aromatic carbocycles. The van der Waals surface area contributed by atoms with Crippen LogP contribution in [0.5, 0.6) is 0 Å². The molecule has 0 aliphatic carbocycles. The van der Waals surface area contributed by atoms with Crippen LogP contribution in [0.2, 0.25) is 0 Å². The SMILES string of the molecule is c1ccc(-c2nc3ccc4ccccc4c3s2)cc1. The fourth-order valence-corrected chi connectivity index (χ4v) is 3.47. The van der Waals surface area contributed by atoms with Crippen LogP contribution in [0.3, 0.4) is 0 Å². The zero-order valence-corrected chi connectivity index (χ0v) is 11.0. The summed E-state index contributed by atoms with van der Waals surface area (Å²) in [6.07, 6.45) is 0. The summed E-state index contributed by atoms with van der Waals surface area (Å²) >= 11 is 1.77. The maximum atomic E-state index is 4.75. The van der Waals surface area contributed by atoms with Crippen molar-refractivity contribution in [1.29, 1.82) is 0 Å². The molecular weight excluding hydrogens is 250 g/mol. The number of hydrogen-bond acceptors (Lipinski definition) is 2. The van der Waals surface area contributed by atoms with E-state index in [0.29, 0.717) is 0 Å². The molecule has 1 aromatic heterocycles. The average Bonchev–Trinajstić information content (AvgIpc) is 2.93. The lowest BCUT2D eigenvalue weighted by Crippen LogP contribution is -1.74. The second-order valence-corrected chi connectivity index (χ2v) is 5.52. The number of rotatable bonds is 1. The van der Waals surface area contributed by atoms with Gasteiger partial charge in [0.05, 0.1) is 10.2 Å². The number of nitrogens with zero attached hydrogens (tertiary/aromatic N) is 1. The van der Waals surface area contributed by atoms with E-state index in [0.717, 1.165) is 10.5 Å². The van der Waals surface area contributed by atoms with Crippen molar-refractivity contribution in [2.75, 3.05) is 0 Å². The van der Waals surface area contributed by atoms with E-state index < -0.39 is 0 Å². The molecule has 0 unspecified atom stereocenters. The van der Waals surface area contributed by atoms with Gasteiger partial charge in [0, 0.05) is 10.9 Å². The first-order valence-corrected chi connectivity index (χ1v) is 7.07. The van der Waals surface area contributed by atoms with E-state index in [4.69, 9.17) is 4.98 Å². The molecule has 0 amide bonds. The van der Waals surface area contributed by atoms with E-state index in [-0.39, 0.29) is 0 Å². The minimum atomic E-state index is 1.09. The van der Waals surface area contributed by atoms with Gasteiger partial charge in [-0.1, -0.05) is 60.7 Å². The second kappa shape index (κ2) is 4.18. The topological polar surface area (TPSA) is 12.9 Å². The van der Waals surface area contributed by atoms with Gasteiger partial charge in [-0.3, -0.25) is 0 Å². The Kier molecular flexibility index (Phi) is 2.35. The van der Waals surface area contributed by atoms with Crippen LogP contribution in [-0.4, -0.2) is 4.98 Å². The first-order chi connectivity index (χ1) is 9.42. The van der Waals surface area contributed by atoms with Gasteiger partial charge in [-0.15, -0.1) is 11.3 Å². The molecule has 90 valence electrons. The maximum Gasteiger partial charge on any atom is 0.124 e. The summed E-state index contributed by atoms with van der Waals surface area (Å²) in [5.41, 5.74) is 2.27. The molecule has 0 bridgehead atoms. The molecule has 19 heavy (non-hydrogen) atoms. The third-order valence-electron chi connectivity index (χ3n) is 3.30. The summed E-state index contributed by atoms with van der Waals surface area (Å²) in [6, 6.07) is 23.1. The number of thiazole rings is 1. The van der Waals surface area contributed by atoms with Crippen LogP contribution >= 0.6 is 11.3 Å². The third-order valence-corrected chi connectivity index (χ3v) is 4.45. The molecule has 1 nitrogen and oxygen atoms in total. The molecule has 4 rings (SSSR count). The summed E-state index contributed by atoms with van der Waals surface area (Å²) in [7, 11) is 0. The van der Waals surface area contributed by atoms with Crippen molar-refractivity contribution in [2.45, 2.75) is 0 Å². The van der Waals surface area contributed by atoms with Crippen LogP contribution in [0.4, 0.5) is 0 Å². The standard InChI is InChI=1S/C17H11NS/c1-2-7-13(8-3-1)17-18-15-11-10-12-6-4-5-9-14(12)16(15)19-17/h1-11H. The normalized spacial score (nSPS) is 11.2. The van der Waals surface area contributed by atoms with Gasteiger partial charge >= 0.3 is 0 Å². The maximum absolute atomic E-state index is 4.75. The molecule has 1 heterocycles. The Morgan fingerprint density at radius 3 is 2.42 bits per heavy atom. The lowest BCUT2D eigenvalue weighted by Gasteiger charge is -1.96. The molecule has 2 heteroatoms. The zero-order valence-electron chi connectivity index (χ0n) is 10.2. The van der Waals surface area contributed by atoms with Crippen molar-refractivity contribution in [2.24, 2.45) is 0 Å². The van der Waals surface area contributed by atoms with Crippen molar-refractivity contribution < 1.29 is 0 Å². The Morgan fingerprint density at radius 2 is 1.53 bits per heavy atom. The van der Waals surface area contributed by atoms with E-state index in [2.05, 4.69) is 60.7 Å². The molecule has 4 aromatic rings. The number of aromatic nitrogens is 1. The predicted molar refractivity (Wildman–Crippen MR) is 82.6 cm³/mol. The number of hydrogen-bond donors (Lipinski definition) is 0. The smallest absolute Gasteiger partial charge is 0.124 e. The van der Waals surface area contributed by atoms with E-state index in [9.17, 15) is 0 Å². The fourth-order valence-electron chi connectivity index (χ4n) is 2.36. The van der Waals surface area contributed by atoms with Gasteiger partial charge < -0.3 is 0 Å². The van der Waals surface area contributed by atoms with Gasteiger partial charge in [0.1, 0.15) is 5.01 Å². The molecule has 0 fully saturated rings. The van der Waals surface area contributed by atoms with Crippen molar-refractivity contribution in [3.05, 3.63) is 66.7 Å². The van der Waals surface area contributed by atoms with Crippen molar-refractivity contribution in [1.82, 2.24) is 4.98 Å². The van der Waals surface area contributed by atoms with E-state index in [1.54, 1.807) is 11.3 Å². The molecule has 0 spiro atoms. The lowest BCUT2D eigenvalue weighted by molar-refractivity contribution is 1.48. The Bertz CT molecular complexity index is 862. The minimum Gasteiger partial charge on any atom is -0.236 e. The number of fused-ring (bicyclic) bond motifs is 3. The highest BCUT2D eigenvalue weighted by molar-refractivity contribution is 7.22. The summed E-state index contributed by atoms with van der Waals surface area (Å²) in [4.78, 5) is 4.75. The molecule has 0 N–H and O–H groups in total. The summed E-state index contributed by atoms with van der Waals surface area (Å²) in [6.45, 7) is 0. The van der Waals surface area contributed by atoms with Crippen LogP contribution in [-0.2, 0) is 0 Å². The van der Waals surface area contributed by atoms with Crippen molar-refractivity contribution in [3.63, 3.8) is 0 Å². The molecule has 0 aliphatic heterocycles. The molecule has 0 aliphatic rings. The highest BCUT2D eigenvalue weighted by atomic mass is 32.1. The predicted octanol–water partition coefficient (Wildman–Crippen LogP) is 5.12. The molecule has 0 atom stereocenters. The minimum absolute atomic E-state index is 1.09. The van der Waals surface area contributed by atoms with Crippen LogP contribution in [0.15, 0.2) is 66.7 Å². The molecular formula is C17H11NS. The number of benzene rings is 3. The van der Waals surface area contributed by atoms with Crippen LogP contribution in [0.25, 0.3) is 31.6 Å². The Balaban J connectivity index is 2.04. The van der Waals surface area contributed by atoms with E-state index in [1.165, 1.54) is 21.0 Å². The van der Waals surface area contributed by atoms with Crippen molar-refractivity contribution in [3.8, 4) is 10.6 Å². The highest BCUT2D eigenvalue weighted by Gasteiger charge is 2.08. The van der Waals surface area contributed by atoms with Gasteiger partial charge in [0.15, 0.2) is 0 Å². The van der Waals surface area contributed by atoms with Crippen LogP contribution in [0, 0.1) is 0 Å². The quantitative estimate of drug-likeness (QED) is 0.463. The Morgan fingerprint density at radius 1 is 0.737 bits per heavy atom. The molecule has 0 saturated carbocycles. The second-order valence-electron chi connectivity index (χ2n) is 4.52. The summed E-state index contributed by atoms with van der Waals surface area (Å²) < 4.78 is 1.27. The van der Waals surface area contributed by atoms with Crippen molar-refractivity contribution >= 4 is 32.3 Å². The first kappa shape index (κ1) is 10.7. The largest absolute Gasteiger partial charge is 0.236 e. The van der Waals surface area contributed by atoms with Crippen LogP contribution in [0.1, 0.15) is 0 Å². The highest BCUT2D eigenvalue weighted by Crippen LogP contribution is 2.34. The fraction of sp³-hybridized carbons (Fsp3) is 0. The molecule has 0 saturated heterocycles. The van der Waals surface area contributed by atoms with Gasteiger partial charge in [-0.2, -0.15) is 0 Å². The van der Waals surface area contributed by atoms with E-state index in [1.807, 2.05) is 6.07 Å². The lowest BCUT2D eigenvalue weighted by atomic mass is 10.1. The van der Waals surface area contributed by atoms with E-state index >= 15 is 0 Å². The van der Waals surface area contributed by atoms with Gasteiger partial charge in [0.25, 0.3) is 0 Å². The average molecular weight is 261 g/mol. The molecule has 0 radical (unpaired) electrons. The zero-order chi connectivity index (χ0) is 12.7. The monoisotopic (exact) mass is 261 g/mol. The Labute approximate surface area is 115 Å². The summed E-state index contributed by atoms with van der Waals surface area (Å²) in [5, 5.41) is 3.66. The third kappa shape index (κ3) is 1.72. The Hall–Kier alpha value is -2.19. The van der Waals surface area contributed by atoms with Gasteiger partial charge in [-0.25, -0.2) is 4.98 Å². The van der Waals surface area contributed by atoms with Gasteiger partial charge in [-0.05, 0) is 11.5 Å². The van der Waals surface area contributed by atoms with Crippen LogP contribution < -0.4 is 0 Å².